The fourth-order valence-electron chi connectivity index (χ4n) is 3.43. The van der Waals surface area contributed by atoms with Gasteiger partial charge < -0.3 is 0 Å². The number of fused-ring (bicyclic) bond motifs is 2. The topological polar surface area (TPSA) is 72.7 Å². The lowest BCUT2D eigenvalue weighted by Gasteiger charge is -2.08. The summed E-state index contributed by atoms with van der Waals surface area (Å²) in [5, 5.41) is 8.70. The van der Waals surface area contributed by atoms with Crippen LogP contribution in [0.3, 0.4) is 0 Å². The maximum atomic E-state index is 13.2. The molecule has 0 saturated carbocycles. The van der Waals surface area contributed by atoms with Crippen molar-refractivity contribution in [2.75, 3.05) is 5.32 Å². The van der Waals surface area contributed by atoms with Gasteiger partial charge in [-0.05, 0) is 43.7 Å². The van der Waals surface area contributed by atoms with Crippen LogP contribution in [0.1, 0.15) is 22.8 Å². The van der Waals surface area contributed by atoms with Gasteiger partial charge in [0.15, 0.2) is 5.13 Å². The first-order valence-corrected chi connectivity index (χ1v) is 10.5. The minimum atomic E-state index is -0.200. The van der Waals surface area contributed by atoms with Gasteiger partial charge in [0, 0.05) is 23.7 Å². The Bertz CT molecular complexity index is 1400. The van der Waals surface area contributed by atoms with E-state index >= 15 is 0 Å². The highest BCUT2D eigenvalue weighted by atomic mass is 32.1. The van der Waals surface area contributed by atoms with Crippen LogP contribution < -0.4 is 5.32 Å². The summed E-state index contributed by atoms with van der Waals surface area (Å²) in [6.07, 6.45) is 3.72. The monoisotopic (exact) mass is 413 g/mol. The van der Waals surface area contributed by atoms with Crippen LogP contribution in [0.5, 0.6) is 0 Å². The first kappa shape index (κ1) is 18.4. The van der Waals surface area contributed by atoms with Gasteiger partial charge in [0.25, 0.3) is 5.91 Å². The van der Waals surface area contributed by atoms with Gasteiger partial charge in [-0.15, -0.1) is 0 Å². The Kier molecular flexibility index (Phi) is 4.52. The summed E-state index contributed by atoms with van der Waals surface area (Å²) < 4.78 is 2.90. The van der Waals surface area contributed by atoms with Gasteiger partial charge in [-0.2, -0.15) is 5.10 Å². The van der Waals surface area contributed by atoms with Crippen LogP contribution in [0, 0.1) is 6.92 Å². The van der Waals surface area contributed by atoms with Gasteiger partial charge in [0.1, 0.15) is 0 Å². The molecule has 5 aromatic rings. The number of nitrogens with one attached hydrogen (secondary N) is 1. The summed E-state index contributed by atoms with van der Waals surface area (Å²) in [7, 11) is 0. The molecule has 0 aliphatic carbocycles. The Balaban J connectivity index is 1.56. The Morgan fingerprint density at radius 2 is 1.97 bits per heavy atom. The second-order valence-electron chi connectivity index (χ2n) is 7.10. The number of nitrogens with zero attached hydrogens (tertiary/aromatic N) is 4. The summed E-state index contributed by atoms with van der Waals surface area (Å²) in [5.41, 5.74) is 4.99. The summed E-state index contributed by atoms with van der Waals surface area (Å²) in [6.45, 7) is 4.85. The molecule has 3 aromatic heterocycles. The van der Waals surface area contributed by atoms with E-state index in [4.69, 9.17) is 4.98 Å². The molecule has 0 aliphatic heterocycles. The Morgan fingerprint density at radius 1 is 1.10 bits per heavy atom. The molecular weight excluding hydrogens is 394 g/mol. The van der Waals surface area contributed by atoms with E-state index in [0.29, 0.717) is 10.7 Å². The van der Waals surface area contributed by atoms with Gasteiger partial charge in [-0.25, -0.2) is 9.97 Å². The molecule has 1 amide bonds. The number of anilines is 1. The average Bonchev–Trinajstić information content (AvgIpc) is 3.39. The van der Waals surface area contributed by atoms with Crippen molar-refractivity contribution < 1.29 is 4.79 Å². The van der Waals surface area contributed by atoms with Gasteiger partial charge in [-0.3, -0.25) is 14.8 Å². The van der Waals surface area contributed by atoms with E-state index < -0.39 is 0 Å². The normalized spacial score (nSPS) is 11.3. The molecule has 5 rings (SSSR count). The van der Waals surface area contributed by atoms with Crippen LogP contribution in [-0.2, 0) is 6.54 Å². The van der Waals surface area contributed by atoms with Crippen LogP contribution in [-0.4, -0.2) is 25.7 Å². The number of thiazole rings is 1. The molecule has 3 heterocycles. The van der Waals surface area contributed by atoms with E-state index in [9.17, 15) is 4.79 Å². The third kappa shape index (κ3) is 3.33. The van der Waals surface area contributed by atoms with Crippen LogP contribution in [0.15, 0.2) is 60.9 Å². The predicted octanol–water partition coefficient (Wildman–Crippen LogP) is 5.29. The SMILES string of the molecule is CCn1cc(-c2cc(C(=O)Nc3nc4ccc(C)cc4s3)c3ccccc3n2)cn1. The molecule has 7 heteroatoms. The number of aromatic nitrogens is 4. The van der Waals surface area contributed by atoms with Gasteiger partial charge in [0.2, 0.25) is 0 Å². The van der Waals surface area contributed by atoms with Crippen molar-refractivity contribution in [2.45, 2.75) is 20.4 Å². The molecule has 0 spiro atoms. The molecule has 0 atom stereocenters. The van der Waals surface area contributed by atoms with E-state index in [0.717, 1.165) is 38.9 Å². The number of hydrogen-bond acceptors (Lipinski definition) is 5. The lowest BCUT2D eigenvalue weighted by atomic mass is 10.1. The summed E-state index contributed by atoms with van der Waals surface area (Å²) >= 11 is 1.47. The van der Waals surface area contributed by atoms with E-state index in [-0.39, 0.29) is 5.91 Å². The molecule has 1 N–H and O–H groups in total. The molecule has 0 bridgehead atoms. The second kappa shape index (κ2) is 7.35. The minimum absolute atomic E-state index is 0.200. The number of carbonyl (C=O) groups is 1. The van der Waals surface area contributed by atoms with Gasteiger partial charge in [-0.1, -0.05) is 35.6 Å². The maximum absolute atomic E-state index is 13.2. The highest BCUT2D eigenvalue weighted by Crippen LogP contribution is 2.29. The Hall–Kier alpha value is -3.58. The molecule has 6 nitrogen and oxygen atoms in total. The average molecular weight is 414 g/mol. The number of carbonyl (C=O) groups excluding carboxylic acids is 1. The maximum Gasteiger partial charge on any atom is 0.258 e. The smallest absolute Gasteiger partial charge is 0.258 e. The number of pyridine rings is 1. The molecule has 0 radical (unpaired) electrons. The summed E-state index contributed by atoms with van der Waals surface area (Å²) in [5.74, 6) is -0.200. The third-order valence-electron chi connectivity index (χ3n) is 4.98. The van der Waals surface area contributed by atoms with Crippen molar-refractivity contribution >= 4 is 43.5 Å². The number of aryl methyl sites for hydroxylation is 2. The quantitative estimate of drug-likeness (QED) is 0.435. The van der Waals surface area contributed by atoms with Crippen LogP contribution in [0.4, 0.5) is 5.13 Å². The van der Waals surface area contributed by atoms with Crippen molar-refractivity contribution in [2.24, 2.45) is 0 Å². The first-order chi connectivity index (χ1) is 14.6. The standard InChI is InChI=1S/C23H19N5OS/c1-3-28-13-15(12-24-28)20-11-17(16-6-4-5-7-18(16)25-20)22(29)27-23-26-19-9-8-14(2)10-21(19)30-23/h4-13H,3H2,1-2H3,(H,26,27,29). The lowest BCUT2D eigenvalue weighted by Crippen LogP contribution is -2.12. The fraction of sp³-hybridized carbons (Fsp3) is 0.130. The number of hydrogen-bond donors (Lipinski definition) is 1. The van der Waals surface area contributed by atoms with Crippen LogP contribution >= 0.6 is 11.3 Å². The predicted molar refractivity (Wildman–Crippen MR) is 121 cm³/mol. The molecule has 2 aromatic carbocycles. The number of para-hydroxylation sites is 1. The fourth-order valence-corrected chi connectivity index (χ4v) is 4.39. The van der Waals surface area contributed by atoms with Crippen molar-refractivity contribution in [3.63, 3.8) is 0 Å². The summed E-state index contributed by atoms with van der Waals surface area (Å²) in [4.78, 5) is 22.5. The molecule has 0 saturated heterocycles. The van der Waals surface area contributed by atoms with Gasteiger partial charge >= 0.3 is 0 Å². The lowest BCUT2D eigenvalue weighted by molar-refractivity contribution is 0.102. The Labute approximate surface area is 177 Å². The van der Waals surface area contributed by atoms with Crippen molar-refractivity contribution in [3.8, 4) is 11.3 Å². The zero-order chi connectivity index (χ0) is 20.7. The first-order valence-electron chi connectivity index (χ1n) is 9.72. The highest BCUT2D eigenvalue weighted by molar-refractivity contribution is 7.22. The second-order valence-corrected chi connectivity index (χ2v) is 8.13. The molecule has 0 fully saturated rings. The molecular formula is C23H19N5OS. The van der Waals surface area contributed by atoms with Crippen LogP contribution in [0.25, 0.3) is 32.4 Å². The Morgan fingerprint density at radius 3 is 2.80 bits per heavy atom. The van der Waals surface area contributed by atoms with E-state index in [1.165, 1.54) is 16.9 Å². The van der Waals surface area contributed by atoms with E-state index in [1.807, 2.05) is 67.2 Å². The van der Waals surface area contributed by atoms with E-state index in [1.54, 1.807) is 6.20 Å². The number of amides is 1. The van der Waals surface area contributed by atoms with E-state index in [2.05, 4.69) is 21.5 Å². The van der Waals surface area contributed by atoms with Crippen LogP contribution in [0.2, 0.25) is 0 Å². The number of rotatable bonds is 4. The largest absolute Gasteiger partial charge is 0.298 e. The molecule has 0 unspecified atom stereocenters. The zero-order valence-corrected chi connectivity index (χ0v) is 17.4. The molecule has 0 aliphatic rings. The highest BCUT2D eigenvalue weighted by Gasteiger charge is 2.16. The zero-order valence-electron chi connectivity index (χ0n) is 16.6. The van der Waals surface area contributed by atoms with Crippen molar-refractivity contribution in [3.05, 3.63) is 72.1 Å². The minimum Gasteiger partial charge on any atom is -0.298 e. The molecule has 30 heavy (non-hydrogen) atoms. The number of benzene rings is 2. The summed E-state index contributed by atoms with van der Waals surface area (Å²) in [6, 6.07) is 15.6. The van der Waals surface area contributed by atoms with Crippen molar-refractivity contribution in [1.29, 1.82) is 0 Å². The van der Waals surface area contributed by atoms with Gasteiger partial charge in [0.05, 0.1) is 33.2 Å². The van der Waals surface area contributed by atoms with Crippen molar-refractivity contribution in [1.82, 2.24) is 19.7 Å². The molecule has 148 valence electrons. The third-order valence-corrected chi connectivity index (χ3v) is 5.91.